The molecule has 0 bridgehead atoms. The number of rotatable bonds is 0. The van der Waals surface area contributed by atoms with Crippen LogP contribution in [0.25, 0.3) is 0 Å². The van der Waals surface area contributed by atoms with Gasteiger partial charge in [-0.05, 0) is 0 Å². The summed E-state index contributed by atoms with van der Waals surface area (Å²) in [5, 5.41) is 0. The second kappa shape index (κ2) is 62.7. The van der Waals surface area contributed by atoms with Gasteiger partial charge in [0.05, 0.1) is 0 Å². The van der Waals surface area contributed by atoms with Crippen molar-refractivity contribution in [2.24, 2.45) is 0 Å². The summed E-state index contributed by atoms with van der Waals surface area (Å²) in [6.07, 6.45) is 0. The standard InChI is InChI=1S/CH4.2O.Ti/h1H4;;;/q;2*-2;+4. The molecule has 24 valence electrons. The summed E-state index contributed by atoms with van der Waals surface area (Å²) in [6.45, 7) is 0. The first-order valence-electron chi connectivity index (χ1n) is 0. The Balaban J connectivity index is 0. The van der Waals surface area contributed by atoms with Crippen molar-refractivity contribution >= 4 is 0 Å². The zero-order valence-corrected chi connectivity index (χ0v) is 2.88. The van der Waals surface area contributed by atoms with Crippen LogP contribution in [-0.2, 0) is 32.7 Å². The van der Waals surface area contributed by atoms with Crippen LogP contribution in [0.5, 0.6) is 0 Å². The molecule has 0 spiro atoms. The average molecular weight is 95.9 g/mol. The zero-order valence-electron chi connectivity index (χ0n) is 1.32. The fourth-order valence-corrected chi connectivity index (χ4v) is 0. The van der Waals surface area contributed by atoms with Crippen LogP contribution in [0.1, 0.15) is 7.43 Å². The van der Waals surface area contributed by atoms with Crippen molar-refractivity contribution in [2.75, 3.05) is 0 Å². The molecular formula is CH4O2Ti. The second-order valence-electron chi connectivity index (χ2n) is 0. The van der Waals surface area contributed by atoms with E-state index >= 15 is 0 Å². The van der Waals surface area contributed by atoms with Gasteiger partial charge in [0.25, 0.3) is 0 Å². The van der Waals surface area contributed by atoms with Crippen LogP contribution in [0.3, 0.4) is 0 Å². The largest absolute Gasteiger partial charge is 4.00 e. The first-order valence-corrected chi connectivity index (χ1v) is 0. The molecule has 0 fully saturated rings. The van der Waals surface area contributed by atoms with Gasteiger partial charge in [0.2, 0.25) is 0 Å². The molecule has 0 aliphatic carbocycles. The molecule has 0 heterocycles. The van der Waals surface area contributed by atoms with Gasteiger partial charge in [-0.3, -0.25) is 0 Å². The van der Waals surface area contributed by atoms with Gasteiger partial charge >= 0.3 is 21.7 Å². The van der Waals surface area contributed by atoms with Crippen molar-refractivity contribution in [1.29, 1.82) is 0 Å². The maximum Gasteiger partial charge on any atom is 4.00 e. The summed E-state index contributed by atoms with van der Waals surface area (Å²) in [5.41, 5.74) is 0. The minimum Gasteiger partial charge on any atom is -2.00 e. The first kappa shape index (κ1) is 152. The third kappa shape index (κ3) is 17.5. The van der Waals surface area contributed by atoms with Gasteiger partial charge in [-0.2, -0.15) is 0 Å². The third-order valence-corrected chi connectivity index (χ3v) is 0. The van der Waals surface area contributed by atoms with E-state index < -0.39 is 0 Å². The maximum absolute atomic E-state index is 0. The van der Waals surface area contributed by atoms with E-state index in [1.807, 2.05) is 0 Å². The predicted molar refractivity (Wildman–Crippen MR) is 8.10 cm³/mol. The maximum atomic E-state index is 0. The zero-order chi connectivity index (χ0) is 0. The van der Waals surface area contributed by atoms with Crippen LogP contribution < -0.4 is 0 Å². The van der Waals surface area contributed by atoms with Gasteiger partial charge in [0.15, 0.2) is 0 Å². The van der Waals surface area contributed by atoms with Gasteiger partial charge in [0.1, 0.15) is 0 Å². The molecule has 0 aromatic carbocycles. The minimum absolute atomic E-state index is 0. The van der Waals surface area contributed by atoms with Crippen LogP contribution in [0, 0.1) is 0 Å². The van der Waals surface area contributed by atoms with Crippen LogP contribution in [0.15, 0.2) is 0 Å². The molecule has 3 heteroatoms. The van der Waals surface area contributed by atoms with Gasteiger partial charge in [-0.15, -0.1) is 0 Å². The summed E-state index contributed by atoms with van der Waals surface area (Å²) in [7, 11) is 0. The minimum atomic E-state index is 0. The van der Waals surface area contributed by atoms with Crippen LogP contribution in [0.4, 0.5) is 0 Å². The molecule has 0 radical (unpaired) electrons. The Hall–Kier alpha value is 0.634. The molecule has 0 amide bonds. The first-order chi connectivity index (χ1) is 0. The monoisotopic (exact) mass is 96.0 g/mol. The Morgan fingerprint density at radius 2 is 0.750 bits per heavy atom. The Morgan fingerprint density at radius 1 is 0.750 bits per heavy atom. The topological polar surface area (TPSA) is 57.0 Å². The quantitative estimate of drug-likeness (QED) is 0.392. The molecule has 0 N–H and O–H groups in total. The molecule has 0 aromatic rings. The van der Waals surface area contributed by atoms with E-state index in [4.69, 9.17) is 0 Å². The molecule has 2 nitrogen and oxygen atoms in total. The van der Waals surface area contributed by atoms with Crippen molar-refractivity contribution in [3.05, 3.63) is 0 Å². The van der Waals surface area contributed by atoms with Crippen molar-refractivity contribution < 1.29 is 32.7 Å². The normalized spacial score (nSPS) is 0. The van der Waals surface area contributed by atoms with E-state index in [1.165, 1.54) is 0 Å². The molecule has 0 unspecified atom stereocenters. The molecule has 0 aliphatic heterocycles. The van der Waals surface area contributed by atoms with E-state index in [1.54, 1.807) is 0 Å². The number of hydrogen-bond acceptors (Lipinski definition) is 0. The summed E-state index contributed by atoms with van der Waals surface area (Å²) in [6, 6.07) is 0. The molecule has 0 aromatic heterocycles. The summed E-state index contributed by atoms with van der Waals surface area (Å²) in [5.74, 6) is 0. The van der Waals surface area contributed by atoms with Gasteiger partial charge < -0.3 is 11.0 Å². The Labute approximate surface area is 40.7 Å². The summed E-state index contributed by atoms with van der Waals surface area (Å²) in [4.78, 5) is 0. The molecule has 0 saturated carbocycles. The van der Waals surface area contributed by atoms with E-state index in [-0.39, 0.29) is 40.1 Å². The van der Waals surface area contributed by atoms with Gasteiger partial charge in [-0.1, -0.05) is 7.43 Å². The SMILES string of the molecule is C.[O-2].[O-2].[Ti+4]. The predicted octanol–water partition coefficient (Wildman–Crippen LogP) is 0.396. The van der Waals surface area contributed by atoms with Crippen molar-refractivity contribution in [1.82, 2.24) is 0 Å². The Kier molecular flexibility index (Phi) is 2380. The van der Waals surface area contributed by atoms with Crippen molar-refractivity contribution in [3.8, 4) is 0 Å². The second-order valence-corrected chi connectivity index (χ2v) is 0. The summed E-state index contributed by atoms with van der Waals surface area (Å²) >= 11 is 0. The van der Waals surface area contributed by atoms with E-state index in [2.05, 4.69) is 0 Å². The van der Waals surface area contributed by atoms with Crippen LogP contribution in [-0.4, -0.2) is 0 Å². The fourth-order valence-electron chi connectivity index (χ4n) is 0. The van der Waals surface area contributed by atoms with Crippen molar-refractivity contribution in [2.45, 2.75) is 7.43 Å². The van der Waals surface area contributed by atoms with E-state index in [9.17, 15) is 0 Å². The Bertz CT molecular complexity index is 6.00. The van der Waals surface area contributed by atoms with Gasteiger partial charge in [0, 0.05) is 0 Å². The molecule has 4 heavy (non-hydrogen) atoms. The van der Waals surface area contributed by atoms with Gasteiger partial charge in [-0.25, -0.2) is 0 Å². The fraction of sp³-hybridized carbons (Fsp3) is 1.00. The molecule has 0 atom stereocenters. The van der Waals surface area contributed by atoms with Crippen molar-refractivity contribution in [3.63, 3.8) is 0 Å². The molecular weight excluding hydrogens is 91.9 g/mol. The molecule has 0 aliphatic rings. The van der Waals surface area contributed by atoms with Crippen LogP contribution in [0.2, 0.25) is 0 Å². The van der Waals surface area contributed by atoms with Crippen LogP contribution >= 0.6 is 0 Å². The van der Waals surface area contributed by atoms with E-state index in [0.29, 0.717) is 0 Å². The molecule has 0 saturated heterocycles. The van der Waals surface area contributed by atoms with E-state index in [0.717, 1.165) is 0 Å². The smallest absolute Gasteiger partial charge is 2.00 e. The third-order valence-electron chi connectivity index (χ3n) is 0. The molecule has 0 rings (SSSR count). The summed E-state index contributed by atoms with van der Waals surface area (Å²) < 4.78 is 0. The average Bonchev–Trinajstić information content (AvgIpc) is 0. The number of hydrogen-bond donors (Lipinski definition) is 0. The Morgan fingerprint density at radius 3 is 0.750 bits per heavy atom.